The Morgan fingerprint density at radius 3 is 1.55 bits per heavy atom. The normalized spacial score (nSPS) is 32.6. The molecule has 0 amide bonds. The van der Waals surface area contributed by atoms with Crippen LogP contribution in [-0.4, -0.2) is 20.7 Å². The molecule has 2 aromatic carbocycles. The number of nitrogens with zero attached hydrogens (tertiary/aromatic N) is 1. The monoisotopic (exact) mass is 349 g/mol. The summed E-state index contributed by atoms with van der Waals surface area (Å²) in [7, 11) is -11.3. The molecular formula is C19H27NSi2. The van der Waals surface area contributed by atoms with Gasteiger partial charge in [-0.15, -0.1) is 0 Å². The molecule has 0 atom stereocenters. The highest BCUT2D eigenvalue weighted by molar-refractivity contribution is 6.89. The maximum absolute atomic E-state index is 9.04. The van der Waals surface area contributed by atoms with Crippen LogP contribution in [0.15, 0.2) is 36.3 Å². The first-order valence-electron chi connectivity index (χ1n) is 18.1. The van der Waals surface area contributed by atoms with Crippen LogP contribution in [-0.2, 0) is 7.05 Å². The average Bonchev–Trinajstić information content (AvgIpc) is 3.09. The van der Waals surface area contributed by atoms with Gasteiger partial charge in [-0.3, -0.25) is 0 Å². The summed E-state index contributed by atoms with van der Waals surface area (Å²) in [5, 5.41) is -4.28. The molecule has 0 aliphatic heterocycles. The molecule has 0 aliphatic carbocycles. The first kappa shape index (κ1) is 3.67. The largest absolute Gasteiger partial charge is 0.344 e. The van der Waals surface area contributed by atoms with Crippen LogP contribution in [0.3, 0.4) is 0 Å². The molecular weight excluding hydrogens is 298 g/mol. The molecule has 0 aliphatic rings. The zero-order chi connectivity index (χ0) is 36.5. The molecule has 0 unspecified atom stereocenters. The molecule has 3 heteroatoms. The number of rotatable bonds is 2. The van der Waals surface area contributed by atoms with E-state index in [0.717, 1.165) is 11.6 Å². The van der Waals surface area contributed by atoms with Gasteiger partial charge in [-0.2, -0.15) is 0 Å². The minimum atomic E-state index is -6.18. The fourth-order valence-corrected chi connectivity index (χ4v) is 3.28. The quantitative estimate of drug-likeness (QED) is 0.603. The van der Waals surface area contributed by atoms with E-state index in [1.165, 1.54) is 0 Å². The number of hydrogen-bond acceptors (Lipinski definition) is 0. The Hall–Kier alpha value is -1.33. The van der Waals surface area contributed by atoms with Gasteiger partial charge < -0.3 is 4.57 Å². The van der Waals surface area contributed by atoms with Crippen molar-refractivity contribution in [1.82, 2.24) is 4.57 Å². The van der Waals surface area contributed by atoms with E-state index in [9.17, 15) is 0 Å². The van der Waals surface area contributed by atoms with Gasteiger partial charge in [0.2, 0.25) is 0 Å². The lowest BCUT2D eigenvalue weighted by Crippen LogP contribution is -2.37. The summed E-state index contributed by atoms with van der Waals surface area (Å²) in [5.41, 5.74) is -1.11. The first-order chi connectivity index (χ1) is 20.1. The molecule has 0 bridgehead atoms. The fraction of sp³-hybridized carbons (Fsp3) is 0.368. The van der Waals surface area contributed by atoms with Gasteiger partial charge in [-0.1, -0.05) is 73.4 Å². The highest BCUT2D eigenvalue weighted by Gasteiger charge is 2.20. The third-order valence-corrected chi connectivity index (χ3v) is 5.26. The standard InChI is InChI=1S/C19H27NSi2/c1-20-18-10-8-14(21(2,3)4)12-16(18)17-13-15(22(5,6)7)9-11-19(17)20/h8-13H,1-7H3/i2D3,3D3,4D3,5D3,6D3,7D3,8D,9D,10D,11D,12D,13D. The van der Waals surface area contributed by atoms with Crippen molar-refractivity contribution in [1.29, 1.82) is 0 Å². The van der Waals surface area contributed by atoms with E-state index in [4.69, 9.17) is 32.9 Å². The summed E-state index contributed by atoms with van der Waals surface area (Å²) >= 11 is 0. The molecule has 1 nitrogen and oxygen atoms in total. The van der Waals surface area contributed by atoms with E-state index in [1.54, 1.807) is 0 Å². The van der Waals surface area contributed by atoms with E-state index in [0.29, 0.717) is 0 Å². The summed E-state index contributed by atoms with van der Waals surface area (Å²) in [6.45, 7) is -23.2. The van der Waals surface area contributed by atoms with Gasteiger partial charge in [-0.25, -0.2) is 0 Å². The Morgan fingerprint density at radius 1 is 0.773 bits per heavy atom. The van der Waals surface area contributed by atoms with Crippen LogP contribution in [0.5, 0.6) is 0 Å². The van der Waals surface area contributed by atoms with E-state index < -0.39 is 123 Å². The fourth-order valence-electron chi connectivity index (χ4n) is 2.15. The number of aryl methyl sites for hydroxylation is 1. The minimum Gasteiger partial charge on any atom is -0.344 e. The van der Waals surface area contributed by atoms with Crippen LogP contribution in [0.25, 0.3) is 21.8 Å². The molecule has 0 fully saturated rings. The number of aromatic nitrogens is 1. The maximum Gasteiger partial charge on any atom is 0.0776 e. The van der Waals surface area contributed by atoms with E-state index >= 15 is 0 Å². The molecule has 0 N–H and O–H groups in total. The second kappa shape index (κ2) is 4.83. The molecule has 1 heterocycles. The topological polar surface area (TPSA) is 4.93 Å². The molecule has 0 radical (unpaired) electrons. The SMILES string of the molecule is [2H]c1c([Si](C([2H])([2H])[2H])(C([2H])([2H])[2H])C([2H])([2H])[2H])c([2H])c2c3c([2H])c([Si](C([2H])([2H])[2H])(C([2H])([2H])[2H])C([2H])([2H])[2H])c([2H])c([2H])c3n(C)c2c1[2H]. The van der Waals surface area contributed by atoms with Crippen LogP contribution in [0, 0.1) is 0 Å². The molecule has 0 spiro atoms. The van der Waals surface area contributed by atoms with Crippen molar-refractivity contribution in [2.45, 2.75) is 38.9 Å². The van der Waals surface area contributed by atoms with Crippen LogP contribution < -0.4 is 10.4 Å². The van der Waals surface area contributed by atoms with Crippen molar-refractivity contribution in [2.24, 2.45) is 7.05 Å². The molecule has 3 aromatic rings. The molecule has 0 saturated heterocycles. The summed E-state index contributed by atoms with van der Waals surface area (Å²) < 4.78 is 200. The molecule has 0 saturated carbocycles. The Kier molecular flexibility index (Phi) is 0.807. The third kappa shape index (κ3) is 2.46. The van der Waals surface area contributed by atoms with Gasteiger partial charge in [0.25, 0.3) is 0 Å². The van der Waals surface area contributed by atoms with Gasteiger partial charge in [0.15, 0.2) is 0 Å². The number of benzene rings is 2. The van der Waals surface area contributed by atoms with Gasteiger partial charge in [0.1, 0.15) is 0 Å². The van der Waals surface area contributed by atoms with Crippen molar-refractivity contribution < 1.29 is 32.9 Å². The van der Waals surface area contributed by atoms with Gasteiger partial charge in [0.05, 0.1) is 24.4 Å². The highest BCUT2D eigenvalue weighted by atomic mass is 28.3. The molecule has 116 valence electrons. The minimum absolute atomic E-state index is 0.555. The van der Waals surface area contributed by atoms with Crippen molar-refractivity contribution in [3.63, 3.8) is 0 Å². The lowest BCUT2D eigenvalue weighted by Gasteiger charge is -2.17. The molecule has 1 aromatic heterocycles. The van der Waals surface area contributed by atoms with Crippen LogP contribution >= 0.6 is 0 Å². The van der Waals surface area contributed by atoms with Crippen molar-refractivity contribution in [3.8, 4) is 0 Å². The van der Waals surface area contributed by atoms with Crippen LogP contribution in [0.2, 0.25) is 38.9 Å². The predicted molar refractivity (Wildman–Crippen MR) is 106 cm³/mol. The number of fused-ring (bicyclic) bond motifs is 3. The number of hydrogen-bond donors (Lipinski definition) is 0. The van der Waals surface area contributed by atoms with Gasteiger partial charge in [0, 0.05) is 53.5 Å². The summed E-state index contributed by atoms with van der Waals surface area (Å²) in [6, 6.07) is -7.10. The second-order valence-corrected chi connectivity index (χ2v) is 9.01. The zero-order valence-corrected chi connectivity index (χ0v) is 13.4. The third-order valence-electron chi connectivity index (χ3n) is 3.26. The molecule has 22 heavy (non-hydrogen) atoms. The van der Waals surface area contributed by atoms with Crippen molar-refractivity contribution in [3.05, 3.63) is 36.3 Å². The average molecular weight is 350 g/mol. The van der Waals surface area contributed by atoms with Gasteiger partial charge >= 0.3 is 0 Å². The Balaban J connectivity index is 2.96. The summed E-state index contributed by atoms with van der Waals surface area (Å²) in [4.78, 5) is 0. The molecule has 3 rings (SSSR count). The van der Waals surface area contributed by atoms with Crippen molar-refractivity contribution in [2.75, 3.05) is 0 Å². The zero-order valence-electron chi connectivity index (χ0n) is 35.4. The van der Waals surface area contributed by atoms with Crippen LogP contribution in [0.4, 0.5) is 0 Å². The lowest BCUT2D eigenvalue weighted by atomic mass is 10.1. The van der Waals surface area contributed by atoms with E-state index in [1.807, 2.05) is 0 Å². The summed E-state index contributed by atoms with van der Waals surface area (Å²) in [6.07, 6.45) is 0. The van der Waals surface area contributed by atoms with E-state index in [-0.39, 0.29) is 0 Å². The van der Waals surface area contributed by atoms with Gasteiger partial charge in [-0.05, 0) is 12.1 Å². The second-order valence-electron chi connectivity index (χ2n) is 5.01. The van der Waals surface area contributed by atoms with Crippen LogP contribution in [0.1, 0.15) is 32.9 Å². The maximum atomic E-state index is 9.04. The Morgan fingerprint density at radius 2 is 1.18 bits per heavy atom. The summed E-state index contributed by atoms with van der Waals surface area (Å²) in [5.74, 6) is 0. The first-order valence-corrected chi connectivity index (χ1v) is 10.1. The predicted octanol–water partition coefficient (Wildman–Crippen LogP) is 4.42. The Bertz CT molecular complexity index is 1530. The van der Waals surface area contributed by atoms with Crippen molar-refractivity contribution >= 4 is 48.3 Å². The Labute approximate surface area is 169 Å². The smallest absolute Gasteiger partial charge is 0.0776 e. The van der Waals surface area contributed by atoms with E-state index in [2.05, 4.69) is 0 Å². The lowest BCUT2D eigenvalue weighted by molar-refractivity contribution is 1.01. The highest BCUT2D eigenvalue weighted by Crippen LogP contribution is 2.27.